The van der Waals surface area contributed by atoms with Gasteiger partial charge in [0, 0.05) is 44.3 Å². The fourth-order valence-electron chi connectivity index (χ4n) is 1.97. The van der Waals surface area contributed by atoms with Crippen LogP contribution in [0.3, 0.4) is 0 Å². The molecular formula is C15H29N3. The summed E-state index contributed by atoms with van der Waals surface area (Å²) in [5.41, 5.74) is 1.19. The van der Waals surface area contributed by atoms with E-state index >= 15 is 0 Å². The molecule has 0 N–H and O–H groups in total. The van der Waals surface area contributed by atoms with Crippen LogP contribution in [0.5, 0.6) is 0 Å². The third kappa shape index (κ3) is 6.60. The van der Waals surface area contributed by atoms with Crippen LogP contribution in [0.1, 0.15) is 34.6 Å². The van der Waals surface area contributed by atoms with E-state index in [1.807, 2.05) is 31.1 Å². The minimum Gasteiger partial charge on any atom is -0.378 e. The summed E-state index contributed by atoms with van der Waals surface area (Å²) >= 11 is 0. The number of hydrogen-bond acceptors (Lipinski definition) is 3. The van der Waals surface area contributed by atoms with Crippen molar-refractivity contribution in [2.24, 2.45) is 0 Å². The summed E-state index contributed by atoms with van der Waals surface area (Å²) < 4.78 is 0. The van der Waals surface area contributed by atoms with E-state index in [0.29, 0.717) is 12.1 Å². The van der Waals surface area contributed by atoms with Crippen molar-refractivity contribution in [3.05, 3.63) is 24.5 Å². The molecule has 3 heteroatoms. The Kier molecular flexibility index (Phi) is 8.38. The fraction of sp³-hybridized carbons (Fsp3) is 0.667. The maximum absolute atomic E-state index is 3.90. The van der Waals surface area contributed by atoms with Gasteiger partial charge in [0.25, 0.3) is 0 Å². The highest BCUT2D eigenvalue weighted by atomic mass is 15.2. The number of hydrogen-bond donors (Lipinski definition) is 0. The Hall–Kier alpha value is -1.09. The van der Waals surface area contributed by atoms with E-state index in [-0.39, 0.29) is 0 Å². The van der Waals surface area contributed by atoms with Gasteiger partial charge in [-0.05, 0) is 46.4 Å². The fourth-order valence-corrected chi connectivity index (χ4v) is 1.97. The average Bonchev–Trinajstić information content (AvgIpc) is 2.30. The van der Waals surface area contributed by atoms with Crippen molar-refractivity contribution in [1.82, 2.24) is 9.88 Å². The van der Waals surface area contributed by atoms with Crippen LogP contribution in [0.2, 0.25) is 0 Å². The SMILES string of the molecule is CCN(C(C)C)C(C)C.CN(C)c1ccncc1. The molecule has 0 radical (unpaired) electrons. The number of rotatable bonds is 4. The van der Waals surface area contributed by atoms with Crippen LogP contribution in [0.4, 0.5) is 5.69 Å². The lowest BCUT2D eigenvalue weighted by molar-refractivity contribution is 0.185. The molecule has 0 saturated carbocycles. The first-order valence-corrected chi connectivity index (χ1v) is 6.73. The van der Waals surface area contributed by atoms with Crippen molar-refractivity contribution in [1.29, 1.82) is 0 Å². The molecule has 0 aromatic carbocycles. The summed E-state index contributed by atoms with van der Waals surface area (Å²) in [6, 6.07) is 5.32. The molecule has 18 heavy (non-hydrogen) atoms. The van der Waals surface area contributed by atoms with Gasteiger partial charge in [0.15, 0.2) is 0 Å². The van der Waals surface area contributed by atoms with E-state index in [1.54, 1.807) is 12.4 Å². The van der Waals surface area contributed by atoms with Crippen molar-refractivity contribution < 1.29 is 0 Å². The summed E-state index contributed by atoms with van der Waals surface area (Å²) in [7, 11) is 4.02. The third-order valence-electron chi connectivity index (χ3n) is 2.87. The average molecular weight is 251 g/mol. The molecule has 0 aliphatic heterocycles. The lowest BCUT2D eigenvalue weighted by Gasteiger charge is -2.28. The summed E-state index contributed by atoms with van der Waals surface area (Å²) in [5, 5.41) is 0. The highest BCUT2D eigenvalue weighted by Crippen LogP contribution is 2.05. The van der Waals surface area contributed by atoms with Gasteiger partial charge in [-0.3, -0.25) is 9.88 Å². The minimum absolute atomic E-state index is 0.690. The van der Waals surface area contributed by atoms with E-state index in [1.165, 1.54) is 5.69 Å². The maximum Gasteiger partial charge on any atom is 0.0391 e. The molecule has 0 bridgehead atoms. The number of anilines is 1. The zero-order valence-corrected chi connectivity index (χ0v) is 13.0. The van der Waals surface area contributed by atoms with Crippen molar-refractivity contribution >= 4 is 5.69 Å². The Morgan fingerprint density at radius 2 is 1.44 bits per heavy atom. The first-order chi connectivity index (χ1) is 8.40. The largest absolute Gasteiger partial charge is 0.378 e. The molecule has 104 valence electrons. The first-order valence-electron chi connectivity index (χ1n) is 6.73. The van der Waals surface area contributed by atoms with Crippen LogP contribution in [0, 0.1) is 0 Å². The van der Waals surface area contributed by atoms with Gasteiger partial charge in [0.05, 0.1) is 0 Å². The lowest BCUT2D eigenvalue weighted by Crippen LogP contribution is -2.36. The van der Waals surface area contributed by atoms with Gasteiger partial charge < -0.3 is 4.90 Å². The molecule has 0 spiro atoms. The Bertz CT molecular complexity index is 286. The van der Waals surface area contributed by atoms with Crippen molar-refractivity contribution in [2.75, 3.05) is 25.5 Å². The van der Waals surface area contributed by atoms with Crippen LogP contribution in [-0.4, -0.2) is 42.6 Å². The standard InChI is InChI=1S/C8H19N.C7H10N2/c1-6-9(7(2)3)8(4)5;1-9(2)7-3-5-8-6-4-7/h7-8H,6H2,1-5H3;3-6H,1-2H3. The predicted molar refractivity (Wildman–Crippen MR) is 81.2 cm³/mol. The van der Waals surface area contributed by atoms with Crippen LogP contribution in [0.25, 0.3) is 0 Å². The van der Waals surface area contributed by atoms with Gasteiger partial charge in [-0.25, -0.2) is 0 Å². The molecule has 1 aromatic rings. The second kappa shape index (κ2) is 8.92. The van der Waals surface area contributed by atoms with Gasteiger partial charge in [-0.1, -0.05) is 6.92 Å². The quantitative estimate of drug-likeness (QED) is 0.818. The normalized spacial score (nSPS) is 10.6. The van der Waals surface area contributed by atoms with E-state index in [2.05, 4.69) is 44.5 Å². The summed E-state index contributed by atoms with van der Waals surface area (Å²) in [6.45, 7) is 12.3. The summed E-state index contributed by atoms with van der Waals surface area (Å²) in [6.07, 6.45) is 3.57. The van der Waals surface area contributed by atoms with Gasteiger partial charge in [0.1, 0.15) is 0 Å². The minimum atomic E-state index is 0.690. The highest BCUT2D eigenvalue weighted by molar-refractivity contribution is 5.42. The molecule has 0 saturated heterocycles. The Balaban J connectivity index is 0.000000321. The third-order valence-corrected chi connectivity index (χ3v) is 2.87. The summed E-state index contributed by atoms with van der Waals surface area (Å²) in [4.78, 5) is 8.40. The van der Waals surface area contributed by atoms with Crippen LogP contribution in [-0.2, 0) is 0 Å². The van der Waals surface area contributed by atoms with Gasteiger partial charge >= 0.3 is 0 Å². The topological polar surface area (TPSA) is 19.4 Å². The zero-order valence-electron chi connectivity index (χ0n) is 13.0. The second-order valence-electron chi connectivity index (χ2n) is 5.12. The Morgan fingerprint density at radius 3 is 1.61 bits per heavy atom. The molecule has 0 unspecified atom stereocenters. The van der Waals surface area contributed by atoms with E-state index < -0.39 is 0 Å². The molecule has 1 rings (SSSR count). The van der Waals surface area contributed by atoms with Gasteiger partial charge in [-0.15, -0.1) is 0 Å². The van der Waals surface area contributed by atoms with Crippen LogP contribution < -0.4 is 4.90 Å². The molecule has 0 atom stereocenters. The first kappa shape index (κ1) is 16.9. The maximum atomic E-state index is 3.90. The predicted octanol–water partition coefficient (Wildman–Crippen LogP) is 3.27. The molecule has 0 amide bonds. The highest BCUT2D eigenvalue weighted by Gasteiger charge is 2.08. The van der Waals surface area contributed by atoms with E-state index in [9.17, 15) is 0 Å². The lowest BCUT2D eigenvalue weighted by atomic mass is 10.2. The van der Waals surface area contributed by atoms with Gasteiger partial charge in [0.2, 0.25) is 0 Å². The molecule has 1 heterocycles. The van der Waals surface area contributed by atoms with Crippen LogP contribution >= 0.6 is 0 Å². The smallest absolute Gasteiger partial charge is 0.0391 e. The van der Waals surface area contributed by atoms with Crippen LogP contribution in [0.15, 0.2) is 24.5 Å². The van der Waals surface area contributed by atoms with Gasteiger partial charge in [-0.2, -0.15) is 0 Å². The number of pyridine rings is 1. The molecule has 3 nitrogen and oxygen atoms in total. The monoisotopic (exact) mass is 251 g/mol. The molecule has 1 aromatic heterocycles. The molecular weight excluding hydrogens is 222 g/mol. The Labute approximate surface area is 113 Å². The molecule has 0 aliphatic rings. The van der Waals surface area contributed by atoms with Crippen molar-refractivity contribution in [3.8, 4) is 0 Å². The number of aromatic nitrogens is 1. The molecule has 0 aliphatic carbocycles. The Morgan fingerprint density at radius 1 is 1.00 bits per heavy atom. The van der Waals surface area contributed by atoms with E-state index in [4.69, 9.17) is 0 Å². The second-order valence-corrected chi connectivity index (χ2v) is 5.12. The summed E-state index contributed by atoms with van der Waals surface area (Å²) in [5.74, 6) is 0. The van der Waals surface area contributed by atoms with E-state index in [0.717, 1.165) is 6.54 Å². The zero-order chi connectivity index (χ0) is 14.1. The number of nitrogens with zero attached hydrogens (tertiary/aromatic N) is 3. The van der Waals surface area contributed by atoms with Crippen molar-refractivity contribution in [3.63, 3.8) is 0 Å². The van der Waals surface area contributed by atoms with Crippen molar-refractivity contribution in [2.45, 2.75) is 46.7 Å². The molecule has 0 fully saturated rings.